The van der Waals surface area contributed by atoms with Gasteiger partial charge in [-0.1, -0.05) is 6.07 Å². The lowest BCUT2D eigenvalue weighted by Crippen LogP contribution is -2.22. The Labute approximate surface area is 184 Å². The van der Waals surface area contributed by atoms with Gasteiger partial charge >= 0.3 is 0 Å². The molecule has 0 aromatic heterocycles. The molecule has 1 aromatic carbocycles. The quantitative estimate of drug-likeness (QED) is 0.518. The van der Waals surface area contributed by atoms with Crippen LogP contribution < -0.4 is 9.47 Å². The number of ether oxygens (including phenoxy) is 2. The Hall–Kier alpha value is -2.36. The second-order valence-electron chi connectivity index (χ2n) is 7.92. The molecule has 31 heavy (non-hydrogen) atoms. The van der Waals surface area contributed by atoms with Gasteiger partial charge in [-0.3, -0.25) is 14.5 Å². The van der Waals surface area contributed by atoms with Crippen molar-refractivity contribution in [2.45, 2.75) is 32.4 Å². The molecular formula is C22H36N2O7. The number of likely N-dealkylation sites (tertiary alicyclic amines) is 1. The van der Waals surface area contributed by atoms with Crippen LogP contribution in [0.1, 0.15) is 25.3 Å². The van der Waals surface area contributed by atoms with Gasteiger partial charge in [0, 0.05) is 26.2 Å². The Morgan fingerprint density at radius 1 is 1.06 bits per heavy atom. The summed E-state index contributed by atoms with van der Waals surface area (Å²) in [7, 11) is 4.08. The van der Waals surface area contributed by atoms with Crippen LogP contribution in [0.4, 0.5) is 0 Å². The van der Waals surface area contributed by atoms with Gasteiger partial charge in [0.2, 0.25) is 0 Å². The van der Waals surface area contributed by atoms with E-state index in [1.807, 2.05) is 27.1 Å². The molecule has 3 rings (SSSR count). The number of benzene rings is 1. The number of aliphatic hydroxyl groups excluding tert-OH is 1. The van der Waals surface area contributed by atoms with Crippen LogP contribution >= 0.6 is 0 Å². The molecule has 9 nitrogen and oxygen atoms in total. The normalized spacial score (nSPS) is 21.9. The molecule has 0 radical (unpaired) electrons. The molecular weight excluding hydrogens is 404 g/mol. The SMILES string of the molecule is CCOc1cc(CN2C[C@H]3CC(O)C[C@H]3C2)ccc1OCCN(C)C.O=CO.O=CO. The number of hydrogen-bond acceptors (Lipinski definition) is 7. The second-order valence-corrected chi connectivity index (χ2v) is 7.92. The number of rotatable bonds is 8. The van der Waals surface area contributed by atoms with E-state index < -0.39 is 0 Å². The molecule has 1 saturated carbocycles. The molecule has 176 valence electrons. The topological polar surface area (TPSA) is 120 Å². The zero-order valence-electron chi connectivity index (χ0n) is 18.6. The molecule has 2 fully saturated rings. The van der Waals surface area contributed by atoms with Gasteiger partial charge in [-0.15, -0.1) is 0 Å². The standard InChI is InChI=1S/C20H32N2O3.2CH2O2/c1-4-24-20-9-15(5-6-19(20)25-8-7-21(2)3)12-22-13-16-10-18(23)11-17(16)14-22;2*2-1-3/h5-6,9,16-18,23H,4,7-8,10-14H2,1-3H3;2*1H,(H,2,3)/t16-,17+,18?;;. The van der Waals surface area contributed by atoms with E-state index in [2.05, 4.69) is 21.9 Å². The monoisotopic (exact) mass is 440 g/mol. The highest BCUT2D eigenvalue weighted by atomic mass is 16.5. The van der Waals surface area contributed by atoms with E-state index in [9.17, 15) is 5.11 Å². The van der Waals surface area contributed by atoms with Gasteiger partial charge in [0.1, 0.15) is 6.61 Å². The first-order valence-electron chi connectivity index (χ1n) is 10.5. The van der Waals surface area contributed by atoms with E-state index in [1.54, 1.807) is 0 Å². The molecule has 1 saturated heterocycles. The number of hydrogen-bond donors (Lipinski definition) is 3. The number of fused-ring (bicyclic) bond motifs is 1. The first-order chi connectivity index (χ1) is 14.9. The van der Waals surface area contributed by atoms with Crippen LogP contribution in [0.25, 0.3) is 0 Å². The lowest BCUT2D eigenvalue weighted by molar-refractivity contribution is -0.123. The zero-order chi connectivity index (χ0) is 23.2. The third-order valence-corrected chi connectivity index (χ3v) is 5.31. The molecule has 1 aliphatic heterocycles. The highest BCUT2D eigenvalue weighted by Gasteiger charge is 2.39. The fourth-order valence-electron chi connectivity index (χ4n) is 4.13. The Morgan fingerprint density at radius 2 is 1.65 bits per heavy atom. The van der Waals surface area contributed by atoms with Gasteiger partial charge in [0.15, 0.2) is 11.5 Å². The largest absolute Gasteiger partial charge is 0.490 e. The number of aliphatic hydroxyl groups is 1. The maximum Gasteiger partial charge on any atom is 0.290 e. The van der Waals surface area contributed by atoms with Crippen LogP contribution in [0, 0.1) is 11.8 Å². The van der Waals surface area contributed by atoms with Gasteiger partial charge < -0.3 is 29.7 Å². The van der Waals surface area contributed by atoms with Crippen molar-refractivity contribution in [2.24, 2.45) is 11.8 Å². The lowest BCUT2D eigenvalue weighted by atomic mass is 10.0. The van der Waals surface area contributed by atoms with Crippen LogP contribution in [0.15, 0.2) is 18.2 Å². The molecule has 1 unspecified atom stereocenters. The minimum Gasteiger partial charge on any atom is -0.490 e. The van der Waals surface area contributed by atoms with Crippen LogP contribution in [-0.4, -0.2) is 91.1 Å². The third kappa shape index (κ3) is 9.54. The van der Waals surface area contributed by atoms with E-state index >= 15 is 0 Å². The van der Waals surface area contributed by atoms with Crippen LogP contribution in [0.3, 0.4) is 0 Å². The highest BCUT2D eigenvalue weighted by molar-refractivity contribution is 5.43. The maximum absolute atomic E-state index is 9.79. The lowest BCUT2D eigenvalue weighted by Gasteiger charge is -2.19. The highest BCUT2D eigenvalue weighted by Crippen LogP contribution is 2.39. The average molecular weight is 441 g/mol. The van der Waals surface area contributed by atoms with Crippen molar-refractivity contribution in [2.75, 3.05) is 46.9 Å². The van der Waals surface area contributed by atoms with E-state index in [4.69, 9.17) is 29.3 Å². The Kier molecular flexibility index (Phi) is 12.6. The van der Waals surface area contributed by atoms with Gasteiger partial charge in [0.05, 0.1) is 12.7 Å². The molecule has 1 aliphatic carbocycles. The van der Waals surface area contributed by atoms with Crippen molar-refractivity contribution in [3.05, 3.63) is 23.8 Å². The molecule has 1 aromatic rings. The van der Waals surface area contributed by atoms with E-state index in [0.717, 1.165) is 50.5 Å². The molecule has 3 atom stereocenters. The van der Waals surface area contributed by atoms with Crippen molar-refractivity contribution >= 4 is 12.9 Å². The number of carboxylic acid groups (broad SMARTS) is 2. The minimum atomic E-state index is -0.250. The second kappa shape index (κ2) is 14.6. The Morgan fingerprint density at radius 3 is 2.16 bits per heavy atom. The van der Waals surface area contributed by atoms with Crippen molar-refractivity contribution in [1.29, 1.82) is 0 Å². The summed E-state index contributed by atoms with van der Waals surface area (Å²) in [5.74, 6) is 3.02. The number of carbonyl (C=O) groups is 2. The molecule has 2 aliphatic rings. The van der Waals surface area contributed by atoms with Gasteiger partial charge in [-0.25, -0.2) is 0 Å². The fourth-order valence-corrected chi connectivity index (χ4v) is 4.13. The summed E-state index contributed by atoms with van der Waals surface area (Å²) in [6.45, 7) is 6.84. The molecule has 0 spiro atoms. The predicted octanol–water partition coefficient (Wildman–Crippen LogP) is 1.63. The summed E-state index contributed by atoms with van der Waals surface area (Å²) in [5, 5.41) is 23.6. The predicted molar refractivity (Wildman–Crippen MR) is 117 cm³/mol. The first kappa shape index (κ1) is 26.7. The fraction of sp³-hybridized carbons (Fsp3) is 0.636. The molecule has 1 heterocycles. The first-order valence-corrected chi connectivity index (χ1v) is 10.5. The van der Waals surface area contributed by atoms with Gasteiger partial charge in [0.25, 0.3) is 12.9 Å². The number of nitrogens with zero attached hydrogens (tertiary/aromatic N) is 2. The van der Waals surface area contributed by atoms with Crippen LogP contribution in [0.5, 0.6) is 11.5 Å². The molecule has 3 N–H and O–H groups in total. The summed E-state index contributed by atoms with van der Waals surface area (Å²) in [6, 6.07) is 6.31. The summed E-state index contributed by atoms with van der Waals surface area (Å²) < 4.78 is 11.7. The van der Waals surface area contributed by atoms with Crippen LogP contribution in [-0.2, 0) is 16.1 Å². The average Bonchev–Trinajstić information content (AvgIpc) is 3.21. The Balaban J connectivity index is 0.000000720. The summed E-state index contributed by atoms with van der Waals surface area (Å²) >= 11 is 0. The van der Waals surface area contributed by atoms with E-state index in [-0.39, 0.29) is 19.0 Å². The van der Waals surface area contributed by atoms with Gasteiger partial charge in [-0.2, -0.15) is 0 Å². The summed E-state index contributed by atoms with van der Waals surface area (Å²) in [4.78, 5) is 21.3. The molecule has 9 heteroatoms. The van der Waals surface area contributed by atoms with Crippen molar-refractivity contribution in [3.8, 4) is 11.5 Å². The van der Waals surface area contributed by atoms with Crippen molar-refractivity contribution < 1.29 is 34.4 Å². The summed E-state index contributed by atoms with van der Waals surface area (Å²) in [6.07, 6.45) is 1.88. The number of likely N-dealkylation sites (N-methyl/N-ethyl adjacent to an activating group) is 1. The zero-order valence-corrected chi connectivity index (χ0v) is 18.6. The Bertz CT molecular complexity index is 637. The van der Waals surface area contributed by atoms with E-state index in [0.29, 0.717) is 25.0 Å². The van der Waals surface area contributed by atoms with Gasteiger partial charge in [-0.05, 0) is 63.4 Å². The minimum absolute atomic E-state index is 0.0692. The van der Waals surface area contributed by atoms with Crippen molar-refractivity contribution in [3.63, 3.8) is 0 Å². The molecule has 0 amide bonds. The van der Waals surface area contributed by atoms with Crippen LogP contribution in [0.2, 0.25) is 0 Å². The molecule has 0 bridgehead atoms. The van der Waals surface area contributed by atoms with E-state index in [1.165, 1.54) is 5.56 Å². The summed E-state index contributed by atoms with van der Waals surface area (Å²) in [5.41, 5.74) is 1.27. The third-order valence-electron chi connectivity index (χ3n) is 5.31. The van der Waals surface area contributed by atoms with Crippen molar-refractivity contribution in [1.82, 2.24) is 9.80 Å². The maximum atomic E-state index is 9.79. The smallest absolute Gasteiger partial charge is 0.290 e.